The fourth-order valence-electron chi connectivity index (χ4n) is 1.88. The van der Waals surface area contributed by atoms with E-state index in [2.05, 4.69) is 41.1 Å². The molecule has 0 aliphatic heterocycles. The van der Waals surface area contributed by atoms with Crippen LogP contribution in [0.15, 0.2) is 6.07 Å². The number of hydrogen-bond donors (Lipinski definition) is 1. The van der Waals surface area contributed by atoms with E-state index in [4.69, 9.17) is 18.0 Å². The summed E-state index contributed by atoms with van der Waals surface area (Å²) in [6.45, 7) is 4.22. The number of nitrogens with zero attached hydrogens (tertiary/aromatic N) is 2. The molecule has 1 unspecified atom stereocenters. The van der Waals surface area contributed by atoms with Gasteiger partial charge in [0.15, 0.2) is 0 Å². The highest BCUT2D eigenvalue weighted by atomic mass is 35.5. The van der Waals surface area contributed by atoms with Gasteiger partial charge in [-0.2, -0.15) is 0 Å². The monoisotopic (exact) mass is 293 g/mol. The van der Waals surface area contributed by atoms with Gasteiger partial charge in [-0.15, -0.1) is 17.8 Å². The number of aromatic nitrogens is 2. The van der Waals surface area contributed by atoms with Crippen molar-refractivity contribution in [3.05, 3.63) is 16.2 Å². The van der Waals surface area contributed by atoms with E-state index in [9.17, 15) is 0 Å². The maximum absolute atomic E-state index is 5.97. The highest BCUT2D eigenvalue weighted by Gasteiger charge is 2.13. The quantitative estimate of drug-likeness (QED) is 0.665. The Kier molecular flexibility index (Phi) is 4.62. The first-order valence-electron chi connectivity index (χ1n) is 6.36. The maximum Gasteiger partial charge on any atom is 0.225 e. The minimum Gasteiger partial charge on any atom is -0.356 e. The lowest BCUT2D eigenvalue weighted by Crippen LogP contribution is -2.17. The summed E-state index contributed by atoms with van der Waals surface area (Å²) in [6.07, 6.45) is 8.44. The van der Waals surface area contributed by atoms with Crippen LogP contribution in [-0.4, -0.2) is 16.0 Å². The number of halogens is 1. The van der Waals surface area contributed by atoms with Crippen molar-refractivity contribution >= 4 is 39.0 Å². The predicted molar refractivity (Wildman–Crippen MR) is 83.0 cm³/mol. The van der Waals surface area contributed by atoms with Crippen LogP contribution in [0.3, 0.4) is 0 Å². The number of anilines is 1. The molecule has 0 radical (unpaired) electrons. The third-order valence-corrected chi connectivity index (χ3v) is 4.20. The van der Waals surface area contributed by atoms with E-state index in [0.717, 1.165) is 35.3 Å². The highest BCUT2D eigenvalue weighted by molar-refractivity contribution is 7.18. The first-order chi connectivity index (χ1) is 9.17. The lowest BCUT2D eigenvalue weighted by Gasteiger charge is -2.13. The van der Waals surface area contributed by atoms with Crippen molar-refractivity contribution in [1.82, 2.24) is 9.97 Å². The molecule has 0 saturated carbocycles. The van der Waals surface area contributed by atoms with Gasteiger partial charge in [0.2, 0.25) is 5.28 Å². The van der Waals surface area contributed by atoms with Crippen LogP contribution in [0, 0.1) is 12.3 Å². The number of fused-ring (bicyclic) bond motifs is 1. The molecule has 0 saturated heterocycles. The van der Waals surface area contributed by atoms with Crippen LogP contribution >= 0.6 is 22.9 Å². The lowest BCUT2D eigenvalue weighted by molar-refractivity contribution is 0.753. The molecule has 1 atom stereocenters. The summed E-state index contributed by atoms with van der Waals surface area (Å²) < 4.78 is 0. The first-order valence-corrected chi connectivity index (χ1v) is 7.56. The Bertz CT molecular complexity index is 615. The van der Waals surface area contributed by atoms with E-state index in [1.807, 2.05) is 0 Å². The van der Waals surface area contributed by atoms with Gasteiger partial charge in [0, 0.05) is 4.88 Å². The van der Waals surface area contributed by atoms with Gasteiger partial charge < -0.3 is 5.32 Å². The largest absolute Gasteiger partial charge is 0.356 e. The molecule has 0 bridgehead atoms. The fraction of sp³-hybridized carbons (Fsp3) is 0.429. The van der Waals surface area contributed by atoms with Crippen LogP contribution in [0.5, 0.6) is 0 Å². The number of thiophene rings is 1. The van der Waals surface area contributed by atoms with Crippen LogP contribution < -0.4 is 5.32 Å². The van der Waals surface area contributed by atoms with Crippen molar-refractivity contribution in [2.75, 3.05) is 5.32 Å². The number of rotatable bonds is 5. The molecule has 0 aromatic carbocycles. The SMILES string of the molecule is C#CC(CCC)Nc1nc(Cl)nc2sc(CC)cc12. The molecule has 2 aromatic heterocycles. The zero-order valence-electron chi connectivity index (χ0n) is 11.0. The molecule has 2 heterocycles. The van der Waals surface area contributed by atoms with Crippen molar-refractivity contribution in [3.8, 4) is 12.3 Å². The number of terminal acetylenes is 1. The Balaban J connectivity index is 2.41. The van der Waals surface area contributed by atoms with E-state index in [1.165, 1.54) is 4.88 Å². The number of nitrogens with one attached hydrogen (secondary N) is 1. The second-order valence-corrected chi connectivity index (χ2v) is 5.73. The van der Waals surface area contributed by atoms with Gasteiger partial charge in [-0.1, -0.05) is 26.2 Å². The van der Waals surface area contributed by atoms with Gasteiger partial charge in [-0.3, -0.25) is 0 Å². The molecule has 0 aliphatic carbocycles. The summed E-state index contributed by atoms with van der Waals surface area (Å²) in [7, 11) is 0. The molecule has 3 nitrogen and oxygen atoms in total. The number of aryl methyl sites for hydroxylation is 1. The molecule has 100 valence electrons. The first kappa shape index (κ1) is 14.1. The Morgan fingerprint density at radius 1 is 1.47 bits per heavy atom. The summed E-state index contributed by atoms with van der Waals surface area (Å²) in [4.78, 5) is 10.7. The predicted octanol–water partition coefficient (Wildman–Crippen LogP) is 4.12. The van der Waals surface area contributed by atoms with Crippen molar-refractivity contribution in [3.63, 3.8) is 0 Å². The Labute approximate surface area is 122 Å². The molecule has 19 heavy (non-hydrogen) atoms. The Morgan fingerprint density at radius 3 is 2.89 bits per heavy atom. The van der Waals surface area contributed by atoms with Gasteiger partial charge >= 0.3 is 0 Å². The second kappa shape index (κ2) is 6.23. The van der Waals surface area contributed by atoms with Crippen molar-refractivity contribution in [2.45, 2.75) is 39.2 Å². The molecule has 0 spiro atoms. The van der Waals surface area contributed by atoms with Gasteiger partial charge in [0.05, 0.1) is 11.4 Å². The van der Waals surface area contributed by atoms with Crippen LogP contribution in [0.1, 0.15) is 31.6 Å². The Hall–Kier alpha value is -1.31. The molecule has 2 rings (SSSR count). The zero-order chi connectivity index (χ0) is 13.8. The van der Waals surface area contributed by atoms with Crippen LogP contribution in [-0.2, 0) is 6.42 Å². The summed E-state index contributed by atoms with van der Waals surface area (Å²) in [5.41, 5.74) is 0. The van der Waals surface area contributed by atoms with Crippen molar-refractivity contribution in [1.29, 1.82) is 0 Å². The summed E-state index contributed by atoms with van der Waals surface area (Å²) in [5.74, 6) is 3.48. The molecule has 0 amide bonds. The van der Waals surface area contributed by atoms with E-state index in [0.29, 0.717) is 0 Å². The second-order valence-electron chi connectivity index (χ2n) is 4.28. The van der Waals surface area contributed by atoms with E-state index in [-0.39, 0.29) is 11.3 Å². The van der Waals surface area contributed by atoms with Gasteiger partial charge in [0.25, 0.3) is 0 Å². The van der Waals surface area contributed by atoms with Crippen molar-refractivity contribution in [2.24, 2.45) is 0 Å². The van der Waals surface area contributed by atoms with Gasteiger partial charge in [0.1, 0.15) is 10.6 Å². The van der Waals surface area contributed by atoms with Crippen LogP contribution in [0.25, 0.3) is 10.2 Å². The lowest BCUT2D eigenvalue weighted by atomic mass is 10.2. The average Bonchev–Trinajstić information content (AvgIpc) is 2.81. The Morgan fingerprint density at radius 2 is 2.26 bits per heavy atom. The molecule has 2 aromatic rings. The molecular weight excluding hydrogens is 278 g/mol. The standard InChI is InChI=1S/C14H16ClN3S/c1-4-7-9(5-2)16-12-11-8-10(6-3)19-13(11)18-14(15)17-12/h2,8-9H,4,6-7H2,1,3H3,(H,16,17,18). The smallest absolute Gasteiger partial charge is 0.225 e. The fourth-order valence-corrected chi connectivity index (χ4v) is 3.07. The third kappa shape index (κ3) is 3.17. The summed E-state index contributed by atoms with van der Waals surface area (Å²) in [6, 6.07) is 2.09. The van der Waals surface area contributed by atoms with E-state index >= 15 is 0 Å². The van der Waals surface area contributed by atoms with E-state index in [1.54, 1.807) is 11.3 Å². The molecule has 0 fully saturated rings. The number of hydrogen-bond acceptors (Lipinski definition) is 4. The topological polar surface area (TPSA) is 37.8 Å². The zero-order valence-corrected chi connectivity index (χ0v) is 12.6. The molecule has 0 aliphatic rings. The molecule has 5 heteroatoms. The van der Waals surface area contributed by atoms with Crippen LogP contribution in [0.4, 0.5) is 5.82 Å². The molecular formula is C14H16ClN3S. The minimum atomic E-state index is -0.0239. The third-order valence-electron chi connectivity index (χ3n) is 2.85. The van der Waals surface area contributed by atoms with Crippen LogP contribution in [0.2, 0.25) is 5.28 Å². The van der Waals surface area contributed by atoms with Gasteiger partial charge in [-0.25, -0.2) is 9.97 Å². The van der Waals surface area contributed by atoms with Crippen molar-refractivity contribution < 1.29 is 0 Å². The van der Waals surface area contributed by atoms with E-state index < -0.39 is 0 Å². The van der Waals surface area contributed by atoms with Gasteiger partial charge in [-0.05, 0) is 30.5 Å². The molecule has 1 N–H and O–H groups in total. The average molecular weight is 294 g/mol. The summed E-state index contributed by atoms with van der Waals surface area (Å²) in [5, 5.41) is 4.54. The minimum absolute atomic E-state index is 0.0239. The maximum atomic E-state index is 5.97. The normalized spacial score (nSPS) is 12.3. The highest BCUT2D eigenvalue weighted by Crippen LogP contribution is 2.30. The summed E-state index contributed by atoms with van der Waals surface area (Å²) >= 11 is 7.62.